The molecule has 0 aliphatic heterocycles. The molecule has 3 N–H and O–H groups in total. The van der Waals surface area contributed by atoms with E-state index in [9.17, 15) is 4.57 Å². The van der Waals surface area contributed by atoms with E-state index in [-0.39, 0.29) is 12.8 Å². The Bertz CT molecular complexity index is 121. The summed E-state index contributed by atoms with van der Waals surface area (Å²) < 4.78 is 18.3. The topological polar surface area (TPSA) is 96.2 Å². The van der Waals surface area contributed by atoms with E-state index >= 15 is 0 Å². The van der Waals surface area contributed by atoms with Gasteiger partial charge < -0.3 is 14.2 Å². The highest BCUT2D eigenvalue weighted by molar-refractivity contribution is 7.51. The molecule has 0 amide bonds. The van der Waals surface area contributed by atoms with Crippen LogP contribution in [0, 0.1) is 0 Å². The van der Waals surface area contributed by atoms with E-state index in [0.717, 1.165) is 0 Å². The van der Waals surface area contributed by atoms with Crippen LogP contribution < -0.4 is 0 Å². The fraction of sp³-hybridized carbons (Fsp3) is 1.00. The maximum atomic E-state index is 10.1. The Kier molecular flexibility index (Phi) is 5.09. The summed E-state index contributed by atoms with van der Waals surface area (Å²) in [6, 6.07) is 0. The molecular weight excluding hydrogens is 179 g/mol. The van der Waals surface area contributed by atoms with Crippen LogP contribution in [0.4, 0.5) is 0 Å². The van der Waals surface area contributed by atoms with Crippen LogP contribution in [0.2, 0.25) is 0 Å². The zero-order valence-electron chi connectivity index (χ0n) is 5.13. The first kappa shape index (κ1) is 10.2. The van der Waals surface area contributed by atoms with E-state index in [0.29, 0.717) is 0 Å². The zero-order chi connectivity index (χ0) is 8.04. The van der Waals surface area contributed by atoms with Crippen molar-refractivity contribution < 1.29 is 28.6 Å². The van der Waals surface area contributed by atoms with Gasteiger partial charge in [-0.05, 0) is 0 Å². The maximum absolute atomic E-state index is 10.1. The van der Waals surface area contributed by atoms with Crippen molar-refractivity contribution >= 4 is 17.6 Å². The van der Waals surface area contributed by atoms with Crippen LogP contribution in [-0.4, -0.2) is 37.8 Å². The summed E-state index contributed by atoms with van der Waals surface area (Å²) in [6.45, 7) is -0.0724. The molecule has 0 bridgehead atoms. The Morgan fingerprint density at radius 3 is 2.50 bits per heavy atom. The van der Waals surface area contributed by atoms with Gasteiger partial charge in [0.1, 0.15) is 0 Å². The molecule has 0 aromatic carbocycles. The Morgan fingerprint density at radius 1 is 1.50 bits per heavy atom. The monoisotopic (exact) mass is 188 g/mol. The SMILES string of the molecule is O=P(O)(O)CCO[SiH2]OO. The van der Waals surface area contributed by atoms with Crippen molar-refractivity contribution in [3.8, 4) is 0 Å². The first-order chi connectivity index (χ1) is 4.56. The molecule has 0 saturated heterocycles. The highest BCUT2D eigenvalue weighted by atomic mass is 31.2. The Morgan fingerprint density at radius 2 is 2.10 bits per heavy atom. The van der Waals surface area contributed by atoms with Gasteiger partial charge in [-0.15, -0.1) is 0 Å². The van der Waals surface area contributed by atoms with E-state index in [1.807, 2.05) is 0 Å². The smallest absolute Gasteiger partial charge is 0.344 e. The molecule has 10 heavy (non-hydrogen) atoms. The molecule has 6 nitrogen and oxygen atoms in total. The molecule has 8 heteroatoms. The normalized spacial score (nSPS) is 13.1. The Hall–Kier alpha value is 0.247. The fourth-order valence-corrected chi connectivity index (χ4v) is 1.23. The molecule has 0 radical (unpaired) electrons. The van der Waals surface area contributed by atoms with Gasteiger partial charge in [0.05, 0.1) is 6.16 Å². The minimum absolute atomic E-state index is 0.0724. The van der Waals surface area contributed by atoms with Crippen molar-refractivity contribution in [3.05, 3.63) is 0 Å². The van der Waals surface area contributed by atoms with Gasteiger partial charge in [0.15, 0.2) is 0 Å². The first-order valence-corrected chi connectivity index (χ1v) is 5.40. The molecule has 0 aliphatic carbocycles. The van der Waals surface area contributed by atoms with E-state index in [1.165, 1.54) is 0 Å². The van der Waals surface area contributed by atoms with Gasteiger partial charge in [0.2, 0.25) is 0 Å². The van der Waals surface area contributed by atoms with Gasteiger partial charge in [0.25, 0.3) is 0 Å². The van der Waals surface area contributed by atoms with Gasteiger partial charge >= 0.3 is 17.6 Å². The Labute approximate surface area is 59.9 Å². The van der Waals surface area contributed by atoms with Crippen LogP contribution in [-0.2, 0) is 13.6 Å². The summed E-state index contributed by atoms with van der Waals surface area (Å²) in [4.78, 5) is 16.5. The predicted molar refractivity (Wildman–Crippen MR) is 35.1 cm³/mol. The van der Waals surface area contributed by atoms with Gasteiger partial charge in [-0.2, -0.15) is 0 Å². The van der Waals surface area contributed by atoms with Gasteiger partial charge in [-0.3, -0.25) is 14.4 Å². The zero-order valence-corrected chi connectivity index (χ0v) is 7.44. The minimum atomic E-state index is -3.95. The standard InChI is InChI=1S/C2H9O6PSi/c3-8-10-7-1-2-9(4,5)6/h3H,1-2,10H2,(H2,4,5,6). The second-order valence-electron chi connectivity index (χ2n) is 1.54. The summed E-state index contributed by atoms with van der Waals surface area (Å²) in [5.41, 5.74) is 0. The van der Waals surface area contributed by atoms with Crippen molar-refractivity contribution in [2.45, 2.75) is 0 Å². The van der Waals surface area contributed by atoms with Crippen molar-refractivity contribution in [3.63, 3.8) is 0 Å². The van der Waals surface area contributed by atoms with Crippen LogP contribution in [0.15, 0.2) is 0 Å². The van der Waals surface area contributed by atoms with Gasteiger partial charge in [-0.25, -0.2) is 0 Å². The van der Waals surface area contributed by atoms with Crippen LogP contribution in [0.5, 0.6) is 0 Å². The number of hydrogen-bond donors (Lipinski definition) is 3. The van der Waals surface area contributed by atoms with Crippen LogP contribution in [0.3, 0.4) is 0 Å². The van der Waals surface area contributed by atoms with Crippen LogP contribution in [0.1, 0.15) is 0 Å². The minimum Gasteiger partial charge on any atom is -0.397 e. The van der Waals surface area contributed by atoms with Gasteiger partial charge in [-0.1, -0.05) is 0 Å². The molecule has 0 unspecified atom stereocenters. The molecule has 0 fully saturated rings. The molecule has 62 valence electrons. The lowest BCUT2D eigenvalue weighted by atomic mass is 10.9. The molecule has 0 saturated carbocycles. The predicted octanol–water partition coefficient (Wildman–Crippen LogP) is -1.33. The molecule has 0 aromatic heterocycles. The van der Waals surface area contributed by atoms with Crippen LogP contribution in [0.25, 0.3) is 0 Å². The summed E-state index contributed by atoms with van der Waals surface area (Å²) >= 11 is 0. The van der Waals surface area contributed by atoms with E-state index in [2.05, 4.69) is 9.00 Å². The third-order valence-corrected chi connectivity index (χ3v) is 1.99. The first-order valence-electron chi connectivity index (χ1n) is 2.45. The fourth-order valence-electron chi connectivity index (χ4n) is 0.280. The van der Waals surface area contributed by atoms with Crippen LogP contribution >= 0.6 is 7.60 Å². The quantitative estimate of drug-likeness (QED) is 0.163. The lowest BCUT2D eigenvalue weighted by molar-refractivity contribution is -0.152. The Balaban J connectivity index is 3.13. The molecule has 0 rings (SSSR count). The second kappa shape index (κ2) is 4.97. The largest absolute Gasteiger partial charge is 0.397 e. The number of hydrogen-bond acceptors (Lipinski definition) is 4. The van der Waals surface area contributed by atoms with E-state index in [4.69, 9.17) is 15.0 Å². The lowest BCUT2D eigenvalue weighted by Crippen LogP contribution is -2.06. The van der Waals surface area contributed by atoms with Crippen molar-refractivity contribution in [2.75, 3.05) is 12.8 Å². The number of rotatable bonds is 5. The summed E-state index contributed by atoms with van der Waals surface area (Å²) in [5.74, 6) is 0. The molecule has 0 aliphatic rings. The van der Waals surface area contributed by atoms with E-state index in [1.54, 1.807) is 0 Å². The highest BCUT2D eigenvalue weighted by Crippen LogP contribution is 2.33. The van der Waals surface area contributed by atoms with Crippen molar-refractivity contribution in [2.24, 2.45) is 0 Å². The molecule has 0 atom stereocenters. The van der Waals surface area contributed by atoms with Gasteiger partial charge in [0, 0.05) is 6.61 Å². The second-order valence-corrected chi connectivity index (χ2v) is 4.22. The molecule has 0 spiro atoms. The average Bonchev–Trinajstić information content (AvgIpc) is 1.78. The average molecular weight is 188 g/mol. The van der Waals surface area contributed by atoms with Crippen molar-refractivity contribution in [1.82, 2.24) is 0 Å². The lowest BCUT2D eigenvalue weighted by Gasteiger charge is -2.02. The molecule has 0 heterocycles. The molecule has 0 aromatic rings. The highest BCUT2D eigenvalue weighted by Gasteiger charge is 2.11. The molecular formula is C2H9O6PSi. The third-order valence-electron chi connectivity index (χ3n) is 0.663. The van der Waals surface area contributed by atoms with Crippen molar-refractivity contribution in [1.29, 1.82) is 0 Å². The summed E-state index contributed by atoms with van der Waals surface area (Å²) in [5, 5.41) is 7.74. The third kappa shape index (κ3) is 8.25. The summed E-state index contributed by atoms with van der Waals surface area (Å²) in [6.07, 6.45) is -0.330. The van der Waals surface area contributed by atoms with E-state index < -0.39 is 17.6 Å². The maximum Gasteiger partial charge on any atom is 0.344 e. The summed E-state index contributed by atoms with van der Waals surface area (Å²) in [7, 11) is -5.38.